The summed E-state index contributed by atoms with van der Waals surface area (Å²) in [5.41, 5.74) is -4.63. The molecule has 0 aromatic heterocycles. The quantitative estimate of drug-likeness (QED) is 0.151. The average molecular weight is 679 g/mol. The van der Waals surface area contributed by atoms with Crippen molar-refractivity contribution < 1.29 is 48.7 Å². The average Bonchev–Trinajstić information content (AvgIpc) is 3.14. The molecule has 6 atom stereocenters. The number of aromatic hydroxyl groups is 1. The van der Waals surface area contributed by atoms with Gasteiger partial charge in [0.2, 0.25) is 0 Å². The molecule has 6 aliphatic rings. The number of allylic oxidation sites excluding steroid dienone is 4. The lowest BCUT2D eigenvalue weighted by Crippen LogP contribution is -2.72. The van der Waals surface area contributed by atoms with Crippen LogP contribution in [-0.2, 0) is 25.5 Å². The molecule has 0 amide bonds. The van der Waals surface area contributed by atoms with E-state index in [0.29, 0.717) is 24.9 Å². The van der Waals surface area contributed by atoms with E-state index in [1.165, 1.54) is 19.4 Å². The van der Waals surface area contributed by atoms with E-state index in [9.17, 15) is 29.7 Å². The predicted octanol–water partition coefficient (Wildman–Crippen LogP) is 6.09. The summed E-state index contributed by atoms with van der Waals surface area (Å²) in [4.78, 5) is 40.2. The SMILES string of the molecule is C.CC(C)=CCC[C@]1(C)C=Cc2c(O)c3c(c(CC(O)C(C)(C)O)c2O1)O[C@]12C(=CC4CC1C(C)(C)O[C@]2(C/C=C(/C)OC=O)C4=O)C3=O. The van der Waals surface area contributed by atoms with Crippen LogP contribution in [0.3, 0.4) is 0 Å². The van der Waals surface area contributed by atoms with Crippen molar-refractivity contribution in [1.29, 1.82) is 0 Å². The minimum atomic E-state index is -1.66. The molecule has 10 nitrogen and oxygen atoms in total. The Labute approximate surface area is 288 Å². The summed E-state index contributed by atoms with van der Waals surface area (Å²) in [6.07, 6.45) is 9.12. The van der Waals surface area contributed by atoms with Crippen LogP contribution >= 0.6 is 0 Å². The van der Waals surface area contributed by atoms with Crippen molar-refractivity contribution >= 4 is 24.1 Å². The van der Waals surface area contributed by atoms with Crippen LogP contribution in [0.5, 0.6) is 17.2 Å². The minimum Gasteiger partial charge on any atom is -0.506 e. The van der Waals surface area contributed by atoms with Crippen molar-refractivity contribution in [2.24, 2.45) is 11.8 Å². The number of hydrogen-bond donors (Lipinski definition) is 3. The summed E-state index contributed by atoms with van der Waals surface area (Å²) < 4.78 is 25.5. The number of aliphatic hydroxyl groups excluding tert-OH is 1. The Morgan fingerprint density at radius 1 is 1.12 bits per heavy atom. The summed E-state index contributed by atoms with van der Waals surface area (Å²) in [6, 6.07) is 0. The van der Waals surface area contributed by atoms with E-state index >= 15 is 0 Å². The van der Waals surface area contributed by atoms with Gasteiger partial charge in [-0.15, -0.1) is 0 Å². The standard InChI is InChI=1S/C38H46O10.CH4/c1-20(2)10-9-13-36(8)14-12-23-29(41)28-30(42)25-16-22-17-26-35(6,7)48-37(33(22)43,15-11-21(3)45-19-39)38(25,26)47-32(28)24(31(23)46-36)18-27(40)34(4,5)44;/h10-12,14,16,19,22,26-27,40-41,44H,9,13,15,17-18H2,1-8H3;1H4/b21-11-;/t22?,26?,27?,36-,37-,38-;/m1./s1. The van der Waals surface area contributed by atoms with Gasteiger partial charge in [-0.1, -0.05) is 25.2 Å². The first-order chi connectivity index (χ1) is 22.3. The Bertz CT molecular complexity index is 1720. The molecule has 3 N–H and O–H groups in total. The summed E-state index contributed by atoms with van der Waals surface area (Å²) in [7, 11) is 0. The van der Waals surface area contributed by atoms with Crippen LogP contribution in [0.2, 0.25) is 0 Å². The number of benzene rings is 1. The number of ketones is 2. The molecule has 7 rings (SSSR count). The van der Waals surface area contributed by atoms with Crippen molar-refractivity contribution in [3.63, 3.8) is 0 Å². The smallest absolute Gasteiger partial charge is 0.298 e. The molecular formula is C39H50O10. The van der Waals surface area contributed by atoms with Crippen LogP contribution < -0.4 is 9.47 Å². The summed E-state index contributed by atoms with van der Waals surface area (Å²) in [5, 5.41) is 33.9. The second-order valence-corrected chi connectivity index (χ2v) is 15.5. The Morgan fingerprint density at radius 3 is 2.45 bits per heavy atom. The largest absolute Gasteiger partial charge is 0.506 e. The zero-order chi connectivity index (χ0) is 35.2. The van der Waals surface area contributed by atoms with Crippen LogP contribution in [0.4, 0.5) is 0 Å². The lowest BCUT2D eigenvalue weighted by molar-refractivity contribution is -0.171. The van der Waals surface area contributed by atoms with Gasteiger partial charge in [0.25, 0.3) is 6.47 Å². The van der Waals surface area contributed by atoms with Crippen LogP contribution in [0, 0.1) is 11.8 Å². The van der Waals surface area contributed by atoms with E-state index in [4.69, 9.17) is 18.9 Å². The maximum absolute atomic E-state index is 14.8. The molecule has 1 aromatic rings. The Balaban J connectivity index is 0.00000468. The van der Waals surface area contributed by atoms with E-state index < -0.39 is 51.7 Å². The fourth-order valence-corrected chi connectivity index (χ4v) is 8.34. The van der Waals surface area contributed by atoms with Gasteiger partial charge in [0.15, 0.2) is 22.8 Å². The van der Waals surface area contributed by atoms with Gasteiger partial charge in [0.1, 0.15) is 34.2 Å². The maximum atomic E-state index is 14.8. The molecule has 3 heterocycles. The molecule has 1 saturated heterocycles. The van der Waals surface area contributed by atoms with Crippen LogP contribution in [0.1, 0.15) is 110 Å². The lowest BCUT2D eigenvalue weighted by atomic mass is 9.51. The van der Waals surface area contributed by atoms with Gasteiger partial charge >= 0.3 is 0 Å². The number of ether oxygens (including phenoxy) is 4. The molecular weight excluding hydrogens is 628 g/mol. The third-order valence-corrected chi connectivity index (χ3v) is 10.9. The van der Waals surface area contributed by atoms with Gasteiger partial charge in [-0.05, 0) is 92.9 Å². The van der Waals surface area contributed by atoms with E-state index in [-0.39, 0.29) is 65.8 Å². The zero-order valence-corrected chi connectivity index (χ0v) is 28.9. The molecule has 3 aliphatic carbocycles. The predicted molar refractivity (Wildman–Crippen MR) is 183 cm³/mol. The number of hydrogen-bond acceptors (Lipinski definition) is 10. The number of carbonyl (C=O) groups excluding carboxylic acids is 3. The van der Waals surface area contributed by atoms with Crippen LogP contribution in [0.15, 0.2) is 41.2 Å². The van der Waals surface area contributed by atoms with Crippen LogP contribution in [0.25, 0.3) is 6.08 Å². The fraction of sp³-hybridized carbons (Fsp3) is 0.564. The monoisotopic (exact) mass is 678 g/mol. The van der Waals surface area contributed by atoms with Crippen molar-refractivity contribution in [2.45, 2.75) is 129 Å². The molecule has 0 radical (unpaired) electrons. The number of fused-ring (bicyclic) bond motifs is 2. The van der Waals surface area contributed by atoms with E-state index in [0.717, 1.165) is 6.42 Å². The highest BCUT2D eigenvalue weighted by molar-refractivity contribution is 6.19. The van der Waals surface area contributed by atoms with Crippen molar-refractivity contribution in [3.05, 3.63) is 57.9 Å². The van der Waals surface area contributed by atoms with E-state index in [2.05, 4.69) is 6.08 Å². The second-order valence-electron chi connectivity index (χ2n) is 15.5. The number of aliphatic hydroxyl groups is 2. The minimum absolute atomic E-state index is 0. The molecule has 1 spiro atoms. The van der Waals surface area contributed by atoms with E-state index in [1.807, 2.05) is 40.7 Å². The topological polar surface area (TPSA) is 149 Å². The van der Waals surface area contributed by atoms with Gasteiger partial charge in [-0.25, -0.2) is 0 Å². The number of rotatable bonds is 10. The molecule has 2 fully saturated rings. The summed E-state index contributed by atoms with van der Waals surface area (Å²) in [5.74, 6) is -1.65. The summed E-state index contributed by atoms with van der Waals surface area (Å²) >= 11 is 0. The van der Waals surface area contributed by atoms with Crippen molar-refractivity contribution in [1.82, 2.24) is 0 Å². The second kappa shape index (κ2) is 12.0. The first kappa shape index (κ1) is 36.5. The molecule has 4 bridgehead atoms. The fourth-order valence-electron chi connectivity index (χ4n) is 8.34. The first-order valence-electron chi connectivity index (χ1n) is 16.6. The molecule has 10 heteroatoms. The third kappa shape index (κ3) is 5.38. The highest BCUT2D eigenvalue weighted by atomic mass is 16.6. The van der Waals surface area contributed by atoms with Crippen molar-refractivity contribution in [2.75, 3.05) is 0 Å². The lowest BCUT2D eigenvalue weighted by Gasteiger charge is -2.56. The van der Waals surface area contributed by atoms with Gasteiger partial charge in [0.05, 0.1) is 22.9 Å². The van der Waals surface area contributed by atoms with Gasteiger partial charge in [0, 0.05) is 35.8 Å². The Hall–Kier alpha value is -3.73. The summed E-state index contributed by atoms with van der Waals surface area (Å²) in [6.45, 7) is 14.6. The number of phenolic OH excluding ortho intramolecular Hbond substituents is 1. The van der Waals surface area contributed by atoms with Gasteiger partial charge < -0.3 is 34.3 Å². The number of carbonyl (C=O) groups is 3. The molecule has 49 heavy (non-hydrogen) atoms. The van der Waals surface area contributed by atoms with Gasteiger partial charge in [-0.2, -0.15) is 0 Å². The highest BCUT2D eigenvalue weighted by Gasteiger charge is 2.81. The normalized spacial score (nSPS) is 30.9. The molecule has 1 aromatic carbocycles. The zero-order valence-electron chi connectivity index (χ0n) is 28.9. The number of Topliss-reactive ketones (excluding diaryl/α,β-unsaturated/α-hetero) is 2. The molecule has 3 unspecified atom stereocenters. The molecule has 3 aliphatic heterocycles. The number of phenols is 1. The Kier molecular flexibility index (Phi) is 8.92. The molecule has 266 valence electrons. The first-order valence-corrected chi connectivity index (χ1v) is 16.6. The highest BCUT2D eigenvalue weighted by Crippen LogP contribution is 2.68. The third-order valence-electron chi connectivity index (χ3n) is 10.9. The molecule has 1 saturated carbocycles. The van der Waals surface area contributed by atoms with Crippen LogP contribution in [-0.4, -0.2) is 67.5 Å². The van der Waals surface area contributed by atoms with E-state index in [1.54, 1.807) is 25.2 Å². The Morgan fingerprint density at radius 2 is 1.82 bits per heavy atom. The van der Waals surface area contributed by atoms with Gasteiger partial charge in [-0.3, -0.25) is 14.4 Å². The maximum Gasteiger partial charge on any atom is 0.298 e. The van der Waals surface area contributed by atoms with Crippen molar-refractivity contribution in [3.8, 4) is 17.2 Å².